The van der Waals surface area contributed by atoms with Crippen molar-refractivity contribution in [2.24, 2.45) is 5.92 Å². The molecule has 0 bridgehead atoms. The fourth-order valence-corrected chi connectivity index (χ4v) is 5.58. The normalized spacial score (nSPS) is 12.4. The Morgan fingerprint density at radius 1 is 0.900 bits per heavy atom. The standard InChI is InChI=1S/C22H19ClO5S2/c23-18-5-1-15(2-6-18)16-3-11-21(12-4-16)30(27,28)14-17(22(25)26)13-29-20-9-7-19(24)8-10-20/h1-12,17,24H,13-14H2,(H,25,26). The van der Waals surface area contributed by atoms with Crippen LogP contribution < -0.4 is 0 Å². The first kappa shape index (κ1) is 22.2. The Morgan fingerprint density at radius 2 is 1.43 bits per heavy atom. The number of phenolic OH excluding ortho intramolecular Hbond substituents is 1. The summed E-state index contributed by atoms with van der Waals surface area (Å²) in [5.41, 5.74) is 1.74. The molecule has 1 atom stereocenters. The van der Waals surface area contributed by atoms with E-state index in [4.69, 9.17) is 11.6 Å². The number of thioether (sulfide) groups is 1. The monoisotopic (exact) mass is 462 g/mol. The van der Waals surface area contributed by atoms with Crippen LogP contribution in [0, 0.1) is 5.92 Å². The van der Waals surface area contributed by atoms with Crippen LogP contribution in [0.5, 0.6) is 5.75 Å². The summed E-state index contributed by atoms with van der Waals surface area (Å²) in [5.74, 6) is -2.51. The van der Waals surface area contributed by atoms with Crippen LogP contribution in [0.3, 0.4) is 0 Å². The smallest absolute Gasteiger partial charge is 0.308 e. The number of halogens is 1. The van der Waals surface area contributed by atoms with E-state index in [2.05, 4.69) is 0 Å². The van der Waals surface area contributed by atoms with Crippen LogP contribution in [0.15, 0.2) is 82.6 Å². The Morgan fingerprint density at radius 3 is 1.97 bits per heavy atom. The third kappa shape index (κ3) is 5.78. The molecule has 0 spiro atoms. The van der Waals surface area contributed by atoms with E-state index in [1.165, 1.54) is 36.0 Å². The zero-order valence-corrected chi connectivity index (χ0v) is 18.1. The van der Waals surface area contributed by atoms with E-state index in [1.807, 2.05) is 12.1 Å². The number of hydrogen-bond donors (Lipinski definition) is 2. The Labute approximate surface area is 184 Å². The predicted octanol–water partition coefficient (Wildman–Crippen LogP) is 4.98. The fraction of sp³-hybridized carbons (Fsp3) is 0.136. The summed E-state index contributed by atoms with van der Waals surface area (Å²) in [5, 5.41) is 19.4. The molecule has 0 fully saturated rings. The molecule has 156 valence electrons. The molecule has 3 rings (SSSR count). The van der Waals surface area contributed by atoms with Gasteiger partial charge in [-0.2, -0.15) is 0 Å². The molecule has 0 amide bonds. The number of aromatic hydroxyl groups is 1. The van der Waals surface area contributed by atoms with Gasteiger partial charge in [0, 0.05) is 15.7 Å². The Balaban J connectivity index is 1.71. The molecule has 0 aromatic heterocycles. The van der Waals surface area contributed by atoms with Crippen LogP contribution in [0.25, 0.3) is 11.1 Å². The second kappa shape index (κ2) is 9.55. The number of carboxylic acid groups (broad SMARTS) is 1. The van der Waals surface area contributed by atoms with Gasteiger partial charge in [0.1, 0.15) is 5.75 Å². The van der Waals surface area contributed by atoms with Gasteiger partial charge in [-0.25, -0.2) is 8.42 Å². The van der Waals surface area contributed by atoms with Gasteiger partial charge in [0.2, 0.25) is 0 Å². The number of carboxylic acids is 1. The van der Waals surface area contributed by atoms with E-state index < -0.39 is 27.5 Å². The zero-order chi connectivity index (χ0) is 21.7. The van der Waals surface area contributed by atoms with Crippen LogP contribution >= 0.6 is 23.4 Å². The second-order valence-corrected chi connectivity index (χ2v) is 10.2. The van der Waals surface area contributed by atoms with Gasteiger partial charge in [-0.1, -0.05) is 35.9 Å². The molecule has 30 heavy (non-hydrogen) atoms. The zero-order valence-electron chi connectivity index (χ0n) is 15.7. The van der Waals surface area contributed by atoms with Crippen molar-refractivity contribution in [2.45, 2.75) is 9.79 Å². The lowest BCUT2D eigenvalue weighted by atomic mass is 10.1. The predicted molar refractivity (Wildman–Crippen MR) is 119 cm³/mol. The molecule has 5 nitrogen and oxygen atoms in total. The summed E-state index contributed by atoms with van der Waals surface area (Å²) < 4.78 is 25.5. The van der Waals surface area contributed by atoms with Crippen LogP contribution in [0.4, 0.5) is 0 Å². The quantitative estimate of drug-likeness (QED) is 0.459. The number of carbonyl (C=O) groups is 1. The first-order chi connectivity index (χ1) is 14.2. The van der Waals surface area contributed by atoms with E-state index in [0.717, 1.165) is 16.0 Å². The second-order valence-electron chi connectivity index (χ2n) is 6.65. The summed E-state index contributed by atoms with van der Waals surface area (Å²) in [6, 6.07) is 19.9. The molecule has 2 N–H and O–H groups in total. The lowest BCUT2D eigenvalue weighted by Gasteiger charge is -2.13. The third-order valence-electron chi connectivity index (χ3n) is 4.45. The number of rotatable bonds is 8. The minimum atomic E-state index is -3.78. The number of aliphatic carboxylic acids is 1. The molecule has 3 aromatic carbocycles. The topological polar surface area (TPSA) is 91.7 Å². The average molecular weight is 463 g/mol. The molecule has 0 heterocycles. The first-order valence-corrected chi connectivity index (χ1v) is 12.0. The minimum absolute atomic E-state index is 0.0843. The average Bonchev–Trinajstić information content (AvgIpc) is 2.73. The summed E-state index contributed by atoms with van der Waals surface area (Å²) in [6.07, 6.45) is 0. The Kier molecular flexibility index (Phi) is 7.07. The fourth-order valence-electron chi connectivity index (χ4n) is 2.79. The minimum Gasteiger partial charge on any atom is -0.508 e. The van der Waals surface area contributed by atoms with Crippen LogP contribution in [0.2, 0.25) is 5.02 Å². The van der Waals surface area contributed by atoms with Gasteiger partial charge < -0.3 is 10.2 Å². The molecule has 8 heteroatoms. The lowest BCUT2D eigenvalue weighted by Crippen LogP contribution is -2.26. The lowest BCUT2D eigenvalue weighted by molar-refractivity contribution is -0.140. The van der Waals surface area contributed by atoms with Crippen LogP contribution in [-0.2, 0) is 14.6 Å². The van der Waals surface area contributed by atoms with Gasteiger partial charge in [-0.15, -0.1) is 11.8 Å². The van der Waals surface area contributed by atoms with Crippen molar-refractivity contribution in [3.63, 3.8) is 0 Å². The van der Waals surface area contributed by atoms with Crippen molar-refractivity contribution >= 4 is 39.2 Å². The van der Waals surface area contributed by atoms with Crippen molar-refractivity contribution < 1.29 is 23.4 Å². The number of phenols is 1. The summed E-state index contributed by atoms with van der Waals surface area (Å²) in [4.78, 5) is 12.5. The van der Waals surface area contributed by atoms with Crippen molar-refractivity contribution in [3.05, 3.63) is 77.8 Å². The van der Waals surface area contributed by atoms with Gasteiger partial charge in [-0.05, 0) is 59.7 Å². The highest BCUT2D eigenvalue weighted by molar-refractivity contribution is 7.99. The maximum absolute atomic E-state index is 12.8. The summed E-state index contributed by atoms with van der Waals surface area (Å²) in [7, 11) is -3.78. The van der Waals surface area contributed by atoms with Crippen LogP contribution in [-0.4, -0.2) is 36.1 Å². The SMILES string of the molecule is O=C(O)C(CSc1ccc(O)cc1)CS(=O)(=O)c1ccc(-c2ccc(Cl)cc2)cc1. The van der Waals surface area contributed by atoms with E-state index in [0.29, 0.717) is 5.02 Å². The molecular weight excluding hydrogens is 444 g/mol. The van der Waals surface area contributed by atoms with Crippen molar-refractivity contribution in [3.8, 4) is 16.9 Å². The Bertz CT molecular complexity index is 1110. The Hall–Kier alpha value is -2.48. The van der Waals surface area contributed by atoms with Crippen molar-refractivity contribution in [1.29, 1.82) is 0 Å². The maximum atomic E-state index is 12.8. The van der Waals surface area contributed by atoms with E-state index in [-0.39, 0.29) is 16.4 Å². The van der Waals surface area contributed by atoms with E-state index in [9.17, 15) is 23.4 Å². The molecule has 0 saturated heterocycles. The van der Waals surface area contributed by atoms with Gasteiger partial charge in [0.25, 0.3) is 0 Å². The van der Waals surface area contributed by atoms with Gasteiger partial charge in [0.05, 0.1) is 16.6 Å². The maximum Gasteiger partial charge on any atom is 0.308 e. The van der Waals surface area contributed by atoms with Crippen molar-refractivity contribution in [2.75, 3.05) is 11.5 Å². The molecule has 0 radical (unpaired) electrons. The van der Waals surface area contributed by atoms with E-state index >= 15 is 0 Å². The van der Waals surface area contributed by atoms with Crippen molar-refractivity contribution in [1.82, 2.24) is 0 Å². The van der Waals surface area contributed by atoms with Gasteiger partial charge in [-0.3, -0.25) is 4.79 Å². The largest absolute Gasteiger partial charge is 0.508 e. The first-order valence-electron chi connectivity index (χ1n) is 8.98. The highest BCUT2D eigenvalue weighted by Gasteiger charge is 2.27. The number of benzene rings is 3. The third-order valence-corrected chi connectivity index (χ3v) is 7.71. The number of hydrogen-bond acceptors (Lipinski definition) is 5. The van der Waals surface area contributed by atoms with Gasteiger partial charge >= 0.3 is 5.97 Å². The molecule has 0 aliphatic rings. The highest BCUT2D eigenvalue weighted by atomic mass is 35.5. The van der Waals surface area contributed by atoms with Gasteiger partial charge in [0.15, 0.2) is 9.84 Å². The molecule has 0 aliphatic carbocycles. The van der Waals surface area contributed by atoms with Crippen LogP contribution in [0.1, 0.15) is 0 Å². The summed E-state index contributed by atoms with van der Waals surface area (Å²) in [6.45, 7) is 0. The molecule has 1 unspecified atom stereocenters. The molecular formula is C22H19ClO5S2. The van der Waals surface area contributed by atoms with E-state index in [1.54, 1.807) is 36.4 Å². The summed E-state index contributed by atoms with van der Waals surface area (Å²) >= 11 is 7.12. The molecule has 3 aromatic rings. The highest BCUT2D eigenvalue weighted by Crippen LogP contribution is 2.27. The molecule has 0 saturated carbocycles. The molecule has 0 aliphatic heterocycles. The number of sulfone groups is 1.